The number of hydrogen-bond acceptors (Lipinski definition) is 4. The number of fused-ring (bicyclic) bond motifs is 1. The second-order valence-corrected chi connectivity index (χ2v) is 10.5. The summed E-state index contributed by atoms with van der Waals surface area (Å²) in [5.41, 5.74) is 3.50. The van der Waals surface area contributed by atoms with E-state index in [0.717, 1.165) is 48.2 Å². The lowest BCUT2D eigenvalue weighted by atomic mass is 9.91. The average Bonchev–Trinajstić information content (AvgIpc) is 3.71. The summed E-state index contributed by atoms with van der Waals surface area (Å²) < 4.78 is 0. The summed E-state index contributed by atoms with van der Waals surface area (Å²) in [6.45, 7) is 6.56. The molecule has 0 radical (unpaired) electrons. The average molecular weight is 490 g/mol. The van der Waals surface area contributed by atoms with Crippen molar-refractivity contribution in [2.75, 3.05) is 4.90 Å². The smallest absolute Gasteiger partial charge is 0.272 e. The molecule has 36 heavy (non-hydrogen) atoms. The first-order valence-electron chi connectivity index (χ1n) is 13.4. The van der Waals surface area contributed by atoms with Crippen molar-refractivity contribution in [2.45, 2.75) is 78.1 Å². The molecule has 2 amide bonds. The molecule has 1 saturated carbocycles. The van der Waals surface area contributed by atoms with Crippen LogP contribution in [0.15, 0.2) is 59.6 Å². The van der Waals surface area contributed by atoms with Crippen LogP contribution in [0.4, 0.5) is 5.69 Å². The van der Waals surface area contributed by atoms with Crippen LogP contribution in [0.25, 0.3) is 0 Å². The highest BCUT2D eigenvalue weighted by atomic mass is 16.3. The minimum atomic E-state index is -1.04. The van der Waals surface area contributed by atoms with Gasteiger partial charge in [-0.1, -0.05) is 95.0 Å². The van der Waals surface area contributed by atoms with Crippen LogP contribution in [0.5, 0.6) is 0 Å². The molecule has 2 aromatic carbocycles. The number of aliphatic hydroxyl groups excluding tert-OH is 1. The van der Waals surface area contributed by atoms with E-state index in [1.807, 2.05) is 54.6 Å². The number of nitrogens with one attached hydrogen (secondary N) is 1. The van der Waals surface area contributed by atoms with Crippen LogP contribution < -0.4 is 10.2 Å². The largest absolute Gasteiger partial charge is 0.392 e. The molecule has 3 atom stereocenters. The highest BCUT2D eigenvalue weighted by molar-refractivity contribution is 6.13. The topological polar surface area (TPSA) is 82.0 Å². The number of unbranched alkanes of at least 4 members (excludes halogenated alkanes) is 1. The Morgan fingerprint density at radius 2 is 1.81 bits per heavy atom. The third-order valence-electron chi connectivity index (χ3n) is 7.19. The summed E-state index contributed by atoms with van der Waals surface area (Å²) >= 11 is 0. The van der Waals surface area contributed by atoms with Crippen LogP contribution in [0, 0.1) is 17.8 Å². The Labute approximate surface area is 214 Å². The first-order chi connectivity index (χ1) is 17.4. The molecule has 1 fully saturated rings. The minimum absolute atomic E-state index is 0.0624. The van der Waals surface area contributed by atoms with Crippen molar-refractivity contribution in [3.63, 3.8) is 0 Å². The molecule has 6 heteroatoms. The van der Waals surface area contributed by atoms with Gasteiger partial charge >= 0.3 is 0 Å². The second kappa shape index (κ2) is 11.8. The van der Waals surface area contributed by atoms with E-state index in [-0.39, 0.29) is 17.7 Å². The van der Waals surface area contributed by atoms with Crippen LogP contribution in [-0.4, -0.2) is 34.9 Å². The molecule has 6 nitrogen and oxygen atoms in total. The van der Waals surface area contributed by atoms with Gasteiger partial charge in [0.15, 0.2) is 0 Å². The molecule has 1 heterocycles. The van der Waals surface area contributed by atoms with E-state index in [1.165, 1.54) is 0 Å². The van der Waals surface area contributed by atoms with E-state index < -0.39 is 18.2 Å². The Balaban J connectivity index is 1.66. The quantitative estimate of drug-likeness (QED) is 0.461. The van der Waals surface area contributed by atoms with E-state index in [0.29, 0.717) is 25.3 Å². The number of amides is 2. The van der Waals surface area contributed by atoms with E-state index in [4.69, 9.17) is 4.99 Å². The molecular formula is C30H39N3O3. The zero-order chi connectivity index (χ0) is 25.7. The molecule has 0 bridgehead atoms. The predicted octanol–water partition coefficient (Wildman–Crippen LogP) is 5.09. The van der Waals surface area contributed by atoms with Gasteiger partial charge in [0.1, 0.15) is 0 Å². The molecule has 1 aliphatic carbocycles. The zero-order valence-corrected chi connectivity index (χ0v) is 21.7. The number of para-hydroxylation sites is 1. The van der Waals surface area contributed by atoms with Crippen molar-refractivity contribution < 1.29 is 14.7 Å². The van der Waals surface area contributed by atoms with Crippen molar-refractivity contribution in [3.8, 4) is 0 Å². The summed E-state index contributed by atoms with van der Waals surface area (Å²) in [4.78, 5) is 34.1. The van der Waals surface area contributed by atoms with Crippen LogP contribution in [0.2, 0.25) is 0 Å². The van der Waals surface area contributed by atoms with Gasteiger partial charge in [-0.15, -0.1) is 0 Å². The van der Waals surface area contributed by atoms with E-state index in [9.17, 15) is 14.7 Å². The Bertz CT molecular complexity index is 1080. The van der Waals surface area contributed by atoms with Crippen LogP contribution in [0.1, 0.15) is 70.4 Å². The lowest BCUT2D eigenvalue weighted by Gasteiger charge is -2.27. The van der Waals surface area contributed by atoms with Gasteiger partial charge in [-0.2, -0.15) is 0 Å². The van der Waals surface area contributed by atoms with Gasteiger partial charge in [-0.05, 0) is 36.3 Å². The van der Waals surface area contributed by atoms with E-state index in [1.54, 1.807) is 4.90 Å². The normalized spacial score (nSPS) is 19.4. The fourth-order valence-electron chi connectivity index (χ4n) is 4.95. The monoisotopic (exact) mass is 489 g/mol. The van der Waals surface area contributed by atoms with Gasteiger partial charge in [-0.3, -0.25) is 14.6 Å². The number of hydrogen-bond donors (Lipinski definition) is 2. The summed E-state index contributed by atoms with van der Waals surface area (Å²) in [6, 6.07) is 17.7. The number of aliphatic imine (C=N–C) groups is 1. The Morgan fingerprint density at radius 3 is 2.47 bits per heavy atom. The second-order valence-electron chi connectivity index (χ2n) is 10.5. The number of benzene rings is 2. The molecule has 0 spiro atoms. The molecule has 1 unspecified atom stereocenters. The number of carbonyl (C=O) groups is 2. The first kappa shape index (κ1) is 26.1. The van der Waals surface area contributed by atoms with Crippen molar-refractivity contribution in [1.29, 1.82) is 0 Å². The van der Waals surface area contributed by atoms with Gasteiger partial charge in [0.2, 0.25) is 12.1 Å². The summed E-state index contributed by atoms with van der Waals surface area (Å²) in [5.74, 6) is -0.518. The molecule has 0 saturated heterocycles. The molecule has 2 aliphatic rings. The maximum atomic E-state index is 14.0. The predicted molar refractivity (Wildman–Crippen MR) is 144 cm³/mol. The van der Waals surface area contributed by atoms with Crippen molar-refractivity contribution in [3.05, 3.63) is 65.7 Å². The fraction of sp³-hybridized carbons (Fsp3) is 0.500. The van der Waals surface area contributed by atoms with Gasteiger partial charge in [0.05, 0.1) is 24.3 Å². The SMILES string of the molecule is CCCC[C@H](O)[C@@H](CC1CC1)C(=O)NC1N=C(C(C)C)c2ccccc2N(Cc2ccccc2)C1=O. The number of carbonyl (C=O) groups excluding carboxylic acids is 2. The van der Waals surface area contributed by atoms with Crippen LogP contribution in [0.3, 0.4) is 0 Å². The number of aliphatic hydroxyl groups is 1. The third kappa shape index (κ3) is 6.22. The molecule has 1 aliphatic heterocycles. The standard InChI is InChI=1S/C30H39N3O3/c1-4-5-15-26(34)24(18-21-16-17-21)29(35)32-28-30(36)33(19-22-11-7-6-8-12-22)25-14-10-9-13-23(25)27(31-28)20(2)3/h6-14,20-21,24,26,28,34H,4-5,15-19H2,1-3H3,(H,32,35)/t24-,26+,28?/m1/s1. The number of benzodiazepines with no additional fused rings is 1. The Hall–Kier alpha value is -2.99. The van der Waals surface area contributed by atoms with Crippen LogP contribution >= 0.6 is 0 Å². The van der Waals surface area contributed by atoms with Gasteiger partial charge in [-0.25, -0.2) is 0 Å². The lowest BCUT2D eigenvalue weighted by Crippen LogP contribution is -2.50. The van der Waals surface area contributed by atoms with Crippen molar-refractivity contribution in [2.24, 2.45) is 22.7 Å². The molecule has 192 valence electrons. The number of rotatable bonds is 11. The maximum Gasteiger partial charge on any atom is 0.272 e. The van der Waals surface area contributed by atoms with Gasteiger partial charge < -0.3 is 15.3 Å². The van der Waals surface area contributed by atoms with E-state index in [2.05, 4.69) is 26.1 Å². The molecule has 2 aromatic rings. The Kier molecular flexibility index (Phi) is 8.57. The van der Waals surface area contributed by atoms with Crippen molar-refractivity contribution >= 4 is 23.2 Å². The molecule has 2 N–H and O–H groups in total. The summed E-state index contributed by atoms with van der Waals surface area (Å²) in [5, 5.41) is 13.8. The van der Waals surface area contributed by atoms with Gasteiger partial charge in [0, 0.05) is 11.3 Å². The summed E-state index contributed by atoms with van der Waals surface area (Å²) in [6.07, 6.45) is 3.53. The third-order valence-corrected chi connectivity index (χ3v) is 7.19. The molecular weight excluding hydrogens is 450 g/mol. The van der Waals surface area contributed by atoms with Gasteiger partial charge in [0.25, 0.3) is 5.91 Å². The zero-order valence-electron chi connectivity index (χ0n) is 21.7. The highest BCUT2D eigenvalue weighted by Gasteiger charge is 2.38. The highest BCUT2D eigenvalue weighted by Crippen LogP contribution is 2.37. The lowest BCUT2D eigenvalue weighted by molar-refractivity contribution is -0.133. The molecule has 4 rings (SSSR count). The number of anilines is 1. The Morgan fingerprint density at radius 1 is 1.11 bits per heavy atom. The molecule has 0 aromatic heterocycles. The number of nitrogens with zero attached hydrogens (tertiary/aromatic N) is 2. The maximum absolute atomic E-state index is 14.0. The fourth-order valence-corrected chi connectivity index (χ4v) is 4.95. The van der Waals surface area contributed by atoms with Crippen molar-refractivity contribution in [1.82, 2.24) is 5.32 Å². The van der Waals surface area contributed by atoms with E-state index >= 15 is 0 Å². The first-order valence-corrected chi connectivity index (χ1v) is 13.4. The minimum Gasteiger partial charge on any atom is -0.392 e. The van der Waals surface area contributed by atoms with Crippen LogP contribution in [-0.2, 0) is 16.1 Å². The summed E-state index contributed by atoms with van der Waals surface area (Å²) in [7, 11) is 0.